The Bertz CT molecular complexity index is 204. The Morgan fingerprint density at radius 3 is 2.46 bits per heavy atom. The first-order valence-electron chi connectivity index (χ1n) is 4.18. The molecule has 0 radical (unpaired) electrons. The maximum Gasteiger partial charge on any atom is 0.330 e. The van der Waals surface area contributed by atoms with Crippen LogP contribution in [-0.4, -0.2) is 24.3 Å². The van der Waals surface area contributed by atoms with Crippen molar-refractivity contribution in [2.75, 3.05) is 7.11 Å². The summed E-state index contributed by atoms with van der Waals surface area (Å²) < 4.78 is 4.40. The fourth-order valence-corrected chi connectivity index (χ4v) is 0.602. The zero-order chi connectivity index (χ0) is 10.3. The molecular weight excluding hydrogens is 168 g/mol. The number of esters is 1. The first kappa shape index (κ1) is 11.9. The van der Waals surface area contributed by atoms with Gasteiger partial charge in [0.2, 0.25) is 0 Å². The molecule has 0 saturated heterocycles. The number of methoxy groups -OCH3 is 1. The lowest BCUT2D eigenvalue weighted by Crippen LogP contribution is -2.09. The molecule has 0 aromatic carbocycles. The third kappa shape index (κ3) is 6.11. The van der Waals surface area contributed by atoms with Crippen LogP contribution in [0.3, 0.4) is 0 Å². The average molecular weight is 184 g/mol. The molecule has 0 fully saturated rings. The van der Waals surface area contributed by atoms with E-state index in [4.69, 9.17) is 5.11 Å². The highest BCUT2D eigenvalue weighted by Gasteiger charge is 2.02. The summed E-state index contributed by atoms with van der Waals surface area (Å²) >= 11 is 0. The van der Waals surface area contributed by atoms with E-state index in [1.165, 1.54) is 13.2 Å². The second kappa shape index (κ2) is 6.43. The number of aliphatic hydroxyl groups excluding tert-OH is 1. The lowest BCUT2D eigenvalue weighted by molar-refractivity contribution is -0.134. The van der Waals surface area contributed by atoms with E-state index < -0.39 is 0 Å². The van der Waals surface area contributed by atoms with Crippen LogP contribution in [0.2, 0.25) is 0 Å². The number of rotatable bonds is 4. The smallest absolute Gasteiger partial charge is 0.330 e. The Morgan fingerprint density at radius 1 is 1.38 bits per heavy atom. The van der Waals surface area contributed by atoms with Gasteiger partial charge in [0.05, 0.1) is 13.2 Å². The summed E-state index contributed by atoms with van der Waals surface area (Å²) in [6.45, 7) is 3.62. The van der Waals surface area contributed by atoms with Gasteiger partial charge in [-0.2, -0.15) is 0 Å². The van der Waals surface area contributed by atoms with E-state index in [0.29, 0.717) is 0 Å². The molecule has 0 aliphatic rings. The molecule has 1 N–H and O–H groups in total. The summed E-state index contributed by atoms with van der Waals surface area (Å²) in [6, 6.07) is 0. The molecule has 2 unspecified atom stereocenters. The normalized spacial score (nSPS) is 16.3. The van der Waals surface area contributed by atoms with Crippen LogP contribution in [0.15, 0.2) is 24.3 Å². The van der Waals surface area contributed by atoms with Gasteiger partial charge in [0, 0.05) is 6.08 Å². The standard InChI is InChI=1S/C10H16O3/c1-8(9(2)11)6-4-5-7-10(12)13-3/h4-9,11H,1-3H3/b6-4+,7-5+. The van der Waals surface area contributed by atoms with Crippen LogP contribution in [0.5, 0.6) is 0 Å². The predicted octanol–water partition coefficient (Wildman–Crippen LogP) is 1.29. The SMILES string of the molecule is COC(=O)/C=C/C=C/C(C)C(C)O. The lowest BCUT2D eigenvalue weighted by atomic mass is 10.1. The summed E-state index contributed by atoms with van der Waals surface area (Å²) in [5.41, 5.74) is 0. The van der Waals surface area contributed by atoms with Crippen molar-refractivity contribution in [1.29, 1.82) is 0 Å². The van der Waals surface area contributed by atoms with E-state index in [9.17, 15) is 4.79 Å². The number of allylic oxidation sites excluding steroid dienone is 2. The number of hydrogen-bond donors (Lipinski definition) is 1. The van der Waals surface area contributed by atoms with Crippen molar-refractivity contribution in [3.05, 3.63) is 24.3 Å². The fourth-order valence-electron chi connectivity index (χ4n) is 0.602. The highest BCUT2D eigenvalue weighted by molar-refractivity contribution is 5.82. The fraction of sp³-hybridized carbons (Fsp3) is 0.500. The van der Waals surface area contributed by atoms with E-state index in [2.05, 4.69) is 4.74 Å². The van der Waals surface area contributed by atoms with E-state index in [1.54, 1.807) is 19.1 Å². The van der Waals surface area contributed by atoms with Crippen LogP contribution in [0.1, 0.15) is 13.8 Å². The summed E-state index contributed by atoms with van der Waals surface area (Å²) in [6.07, 6.45) is 6.08. The Kier molecular flexibility index (Phi) is 5.89. The zero-order valence-electron chi connectivity index (χ0n) is 8.23. The van der Waals surface area contributed by atoms with Gasteiger partial charge in [-0.25, -0.2) is 4.79 Å². The molecule has 13 heavy (non-hydrogen) atoms. The summed E-state index contributed by atoms with van der Waals surface area (Å²) in [5, 5.41) is 9.11. The summed E-state index contributed by atoms with van der Waals surface area (Å²) in [5.74, 6) is -0.295. The number of carbonyl (C=O) groups excluding carboxylic acids is 1. The molecule has 0 aliphatic carbocycles. The van der Waals surface area contributed by atoms with Crippen molar-refractivity contribution in [3.8, 4) is 0 Å². The third-order valence-corrected chi connectivity index (χ3v) is 1.72. The van der Waals surface area contributed by atoms with Gasteiger partial charge in [0.15, 0.2) is 0 Å². The van der Waals surface area contributed by atoms with Gasteiger partial charge >= 0.3 is 5.97 Å². The van der Waals surface area contributed by atoms with E-state index in [-0.39, 0.29) is 18.0 Å². The molecule has 0 saturated carbocycles. The number of carbonyl (C=O) groups is 1. The quantitative estimate of drug-likeness (QED) is 0.407. The van der Waals surface area contributed by atoms with Crippen LogP contribution < -0.4 is 0 Å². The highest BCUT2D eigenvalue weighted by atomic mass is 16.5. The van der Waals surface area contributed by atoms with E-state index >= 15 is 0 Å². The summed E-state index contributed by atoms with van der Waals surface area (Å²) in [7, 11) is 1.33. The molecule has 0 aromatic heterocycles. The Labute approximate surface area is 78.7 Å². The van der Waals surface area contributed by atoms with Crippen molar-refractivity contribution in [2.45, 2.75) is 20.0 Å². The van der Waals surface area contributed by atoms with Crippen LogP contribution in [0.25, 0.3) is 0 Å². The third-order valence-electron chi connectivity index (χ3n) is 1.72. The van der Waals surface area contributed by atoms with Crippen LogP contribution in [0.4, 0.5) is 0 Å². The second-order valence-corrected chi connectivity index (χ2v) is 2.87. The van der Waals surface area contributed by atoms with Gasteiger partial charge in [-0.05, 0) is 12.8 Å². The molecular formula is C10H16O3. The first-order chi connectivity index (χ1) is 6.07. The molecule has 0 rings (SSSR count). The Morgan fingerprint density at radius 2 is 2.00 bits per heavy atom. The molecule has 74 valence electrons. The van der Waals surface area contributed by atoms with Crippen molar-refractivity contribution in [3.63, 3.8) is 0 Å². The minimum Gasteiger partial charge on any atom is -0.466 e. The van der Waals surface area contributed by atoms with Crippen molar-refractivity contribution < 1.29 is 14.6 Å². The number of ether oxygens (including phenoxy) is 1. The number of hydrogen-bond acceptors (Lipinski definition) is 3. The van der Waals surface area contributed by atoms with Crippen LogP contribution in [0, 0.1) is 5.92 Å². The lowest BCUT2D eigenvalue weighted by Gasteiger charge is -2.07. The van der Waals surface area contributed by atoms with Gasteiger partial charge in [-0.1, -0.05) is 25.2 Å². The molecule has 3 nitrogen and oxygen atoms in total. The highest BCUT2D eigenvalue weighted by Crippen LogP contribution is 2.03. The van der Waals surface area contributed by atoms with Gasteiger partial charge in [-0.15, -0.1) is 0 Å². The maximum absolute atomic E-state index is 10.6. The molecule has 0 spiro atoms. The largest absolute Gasteiger partial charge is 0.466 e. The molecule has 0 heterocycles. The van der Waals surface area contributed by atoms with Gasteiger partial charge in [0.25, 0.3) is 0 Å². The van der Waals surface area contributed by atoms with E-state index in [1.807, 2.05) is 13.0 Å². The topological polar surface area (TPSA) is 46.5 Å². The molecule has 0 aromatic rings. The monoisotopic (exact) mass is 184 g/mol. The molecule has 3 heteroatoms. The zero-order valence-corrected chi connectivity index (χ0v) is 8.23. The Hall–Kier alpha value is -1.09. The second-order valence-electron chi connectivity index (χ2n) is 2.87. The van der Waals surface area contributed by atoms with Crippen molar-refractivity contribution in [2.24, 2.45) is 5.92 Å². The van der Waals surface area contributed by atoms with Crippen molar-refractivity contribution in [1.82, 2.24) is 0 Å². The van der Waals surface area contributed by atoms with Crippen LogP contribution in [-0.2, 0) is 9.53 Å². The maximum atomic E-state index is 10.6. The Balaban J connectivity index is 3.87. The molecule has 2 atom stereocenters. The summed E-state index contributed by atoms with van der Waals surface area (Å²) in [4.78, 5) is 10.6. The molecule has 0 bridgehead atoms. The molecule has 0 amide bonds. The predicted molar refractivity (Wildman–Crippen MR) is 51.1 cm³/mol. The minimum atomic E-state index is -0.380. The minimum absolute atomic E-state index is 0.0855. The first-order valence-corrected chi connectivity index (χ1v) is 4.18. The average Bonchev–Trinajstić information content (AvgIpc) is 2.11. The van der Waals surface area contributed by atoms with Gasteiger partial charge in [0.1, 0.15) is 0 Å². The van der Waals surface area contributed by atoms with Crippen molar-refractivity contribution >= 4 is 5.97 Å². The molecule has 0 aliphatic heterocycles. The van der Waals surface area contributed by atoms with Gasteiger partial charge in [-0.3, -0.25) is 0 Å². The number of aliphatic hydroxyl groups is 1. The van der Waals surface area contributed by atoms with E-state index in [0.717, 1.165) is 0 Å². The van der Waals surface area contributed by atoms with Gasteiger partial charge < -0.3 is 9.84 Å². The van der Waals surface area contributed by atoms with Crippen LogP contribution >= 0.6 is 0 Å².